The minimum atomic E-state index is 0.442. The monoisotopic (exact) mass is 244 g/mol. The molecular formula is C14H16N2O2. The zero-order valence-electron chi connectivity index (χ0n) is 10.5. The van der Waals surface area contributed by atoms with E-state index in [0.717, 1.165) is 16.7 Å². The maximum atomic E-state index is 5.79. The van der Waals surface area contributed by atoms with Crippen molar-refractivity contribution in [2.45, 2.75) is 6.54 Å². The number of rotatable bonds is 4. The summed E-state index contributed by atoms with van der Waals surface area (Å²) in [6.45, 7) is 0.442. The van der Waals surface area contributed by atoms with Crippen LogP contribution in [0.2, 0.25) is 0 Å². The van der Waals surface area contributed by atoms with E-state index >= 15 is 0 Å². The maximum Gasteiger partial charge on any atom is 0.161 e. The Balaban J connectivity index is 2.59. The van der Waals surface area contributed by atoms with Gasteiger partial charge in [0.15, 0.2) is 11.5 Å². The average molecular weight is 244 g/mol. The van der Waals surface area contributed by atoms with Crippen molar-refractivity contribution in [2.75, 3.05) is 14.2 Å². The van der Waals surface area contributed by atoms with Crippen molar-refractivity contribution in [1.82, 2.24) is 4.98 Å². The zero-order valence-corrected chi connectivity index (χ0v) is 10.5. The van der Waals surface area contributed by atoms with Crippen LogP contribution >= 0.6 is 0 Å². The molecule has 0 atom stereocenters. The standard InChI is InChI=1S/C14H16N2O2/c1-17-13-7-11(9-15)12(8-14(13)18-2)10-3-5-16-6-4-10/h3-8H,9,15H2,1-2H3. The van der Waals surface area contributed by atoms with Gasteiger partial charge in [0, 0.05) is 18.9 Å². The average Bonchev–Trinajstić information content (AvgIpc) is 2.46. The quantitative estimate of drug-likeness (QED) is 0.896. The summed E-state index contributed by atoms with van der Waals surface area (Å²) in [5.74, 6) is 1.39. The lowest BCUT2D eigenvalue weighted by atomic mass is 10.00. The highest BCUT2D eigenvalue weighted by molar-refractivity contribution is 5.70. The van der Waals surface area contributed by atoms with Crippen LogP contribution in [0.3, 0.4) is 0 Å². The lowest BCUT2D eigenvalue weighted by Crippen LogP contribution is -2.01. The fraction of sp³-hybridized carbons (Fsp3) is 0.214. The van der Waals surface area contributed by atoms with Gasteiger partial charge in [0.2, 0.25) is 0 Å². The van der Waals surface area contributed by atoms with E-state index in [4.69, 9.17) is 15.2 Å². The highest BCUT2D eigenvalue weighted by atomic mass is 16.5. The van der Waals surface area contributed by atoms with Gasteiger partial charge in [-0.2, -0.15) is 0 Å². The van der Waals surface area contributed by atoms with Crippen molar-refractivity contribution >= 4 is 0 Å². The Hall–Kier alpha value is -2.07. The molecule has 94 valence electrons. The second-order valence-corrected chi connectivity index (χ2v) is 3.80. The van der Waals surface area contributed by atoms with Crippen LogP contribution in [-0.2, 0) is 6.54 Å². The van der Waals surface area contributed by atoms with Crippen LogP contribution in [0.25, 0.3) is 11.1 Å². The molecule has 0 unspecified atom stereocenters. The molecule has 1 aromatic heterocycles. The van der Waals surface area contributed by atoms with E-state index in [9.17, 15) is 0 Å². The number of ether oxygens (including phenoxy) is 2. The summed E-state index contributed by atoms with van der Waals surface area (Å²) in [6, 6.07) is 7.74. The molecule has 0 radical (unpaired) electrons. The molecule has 0 aliphatic rings. The van der Waals surface area contributed by atoms with Crippen molar-refractivity contribution in [3.05, 3.63) is 42.2 Å². The second kappa shape index (κ2) is 5.51. The van der Waals surface area contributed by atoms with Crippen LogP contribution in [0.5, 0.6) is 11.5 Å². The molecule has 2 aromatic rings. The summed E-state index contributed by atoms with van der Waals surface area (Å²) in [7, 11) is 3.24. The van der Waals surface area contributed by atoms with Gasteiger partial charge < -0.3 is 15.2 Å². The van der Waals surface area contributed by atoms with E-state index in [0.29, 0.717) is 18.0 Å². The predicted octanol–water partition coefficient (Wildman–Crippen LogP) is 2.22. The molecule has 0 saturated heterocycles. The Kier molecular flexibility index (Phi) is 3.79. The van der Waals surface area contributed by atoms with E-state index in [-0.39, 0.29) is 0 Å². The van der Waals surface area contributed by atoms with E-state index in [1.54, 1.807) is 26.6 Å². The smallest absolute Gasteiger partial charge is 0.161 e. The SMILES string of the molecule is COc1cc(CN)c(-c2ccncc2)cc1OC. The van der Waals surface area contributed by atoms with Crippen LogP contribution in [0.15, 0.2) is 36.7 Å². The number of nitrogens with two attached hydrogens (primary N) is 1. The first-order valence-electron chi connectivity index (χ1n) is 5.65. The van der Waals surface area contributed by atoms with Crippen LogP contribution in [0.4, 0.5) is 0 Å². The highest BCUT2D eigenvalue weighted by Crippen LogP contribution is 2.35. The summed E-state index contributed by atoms with van der Waals surface area (Å²) in [5, 5.41) is 0. The number of hydrogen-bond donors (Lipinski definition) is 1. The normalized spacial score (nSPS) is 10.2. The Bertz CT molecular complexity index is 527. The Morgan fingerprint density at radius 3 is 2.22 bits per heavy atom. The summed E-state index contributed by atoms with van der Waals surface area (Å²) in [6.07, 6.45) is 3.51. The topological polar surface area (TPSA) is 57.4 Å². The van der Waals surface area contributed by atoms with E-state index < -0.39 is 0 Å². The molecule has 0 saturated carbocycles. The third kappa shape index (κ3) is 2.28. The third-order valence-electron chi connectivity index (χ3n) is 2.82. The minimum Gasteiger partial charge on any atom is -0.493 e. The third-order valence-corrected chi connectivity index (χ3v) is 2.82. The molecule has 0 spiro atoms. The summed E-state index contributed by atoms with van der Waals surface area (Å²) >= 11 is 0. The fourth-order valence-electron chi connectivity index (χ4n) is 1.89. The molecule has 0 aliphatic heterocycles. The molecule has 0 bridgehead atoms. The first-order chi connectivity index (χ1) is 8.80. The molecule has 4 heteroatoms. The maximum absolute atomic E-state index is 5.79. The van der Waals surface area contributed by atoms with Gasteiger partial charge in [-0.25, -0.2) is 0 Å². The summed E-state index contributed by atoms with van der Waals surface area (Å²) < 4.78 is 10.6. The zero-order chi connectivity index (χ0) is 13.0. The van der Waals surface area contributed by atoms with Gasteiger partial charge in [0.25, 0.3) is 0 Å². The number of aromatic nitrogens is 1. The van der Waals surface area contributed by atoms with Crippen molar-refractivity contribution in [1.29, 1.82) is 0 Å². The number of nitrogens with zero attached hydrogens (tertiary/aromatic N) is 1. The molecule has 18 heavy (non-hydrogen) atoms. The molecule has 2 rings (SSSR count). The molecule has 1 heterocycles. The van der Waals surface area contributed by atoms with Gasteiger partial charge >= 0.3 is 0 Å². The Morgan fingerprint density at radius 2 is 1.67 bits per heavy atom. The van der Waals surface area contributed by atoms with Crippen molar-refractivity contribution in [3.63, 3.8) is 0 Å². The largest absolute Gasteiger partial charge is 0.493 e. The fourth-order valence-corrected chi connectivity index (χ4v) is 1.89. The lowest BCUT2D eigenvalue weighted by Gasteiger charge is -2.14. The second-order valence-electron chi connectivity index (χ2n) is 3.80. The van der Waals surface area contributed by atoms with Gasteiger partial charge in [-0.3, -0.25) is 4.98 Å². The molecule has 2 N–H and O–H groups in total. The molecule has 1 aromatic carbocycles. The molecule has 0 aliphatic carbocycles. The molecule has 4 nitrogen and oxygen atoms in total. The summed E-state index contributed by atoms with van der Waals surface area (Å²) in [4.78, 5) is 4.02. The number of benzene rings is 1. The molecular weight excluding hydrogens is 228 g/mol. The Morgan fingerprint density at radius 1 is 1.06 bits per heavy atom. The lowest BCUT2D eigenvalue weighted by molar-refractivity contribution is 0.354. The van der Waals surface area contributed by atoms with Crippen LogP contribution in [-0.4, -0.2) is 19.2 Å². The van der Waals surface area contributed by atoms with Crippen molar-refractivity contribution < 1.29 is 9.47 Å². The number of hydrogen-bond acceptors (Lipinski definition) is 4. The van der Waals surface area contributed by atoms with Gasteiger partial charge in [-0.1, -0.05) is 0 Å². The van der Waals surface area contributed by atoms with Gasteiger partial charge in [-0.05, 0) is 41.0 Å². The minimum absolute atomic E-state index is 0.442. The predicted molar refractivity (Wildman–Crippen MR) is 70.7 cm³/mol. The van der Waals surface area contributed by atoms with Crippen LogP contribution < -0.4 is 15.2 Å². The number of pyridine rings is 1. The van der Waals surface area contributed by atoms with Gasteiger partial charge in [0.1, 0.15) is 0 Å². The number of methoxy groups -OCH3 is 2. The first-order valence-corrected chi connectivity index (χ1v) is 5.65. The Labute approximate surface area is 106 Å². The van der Waals surface area contributed by atoms with Crippen molar-refractivity contribution in [3.8, 4) is 22.6 Å². The van der Waals surface area contributed by atoms with Crippen LogP contribution in [0.1, 0.15) is 5.56 Å². The van der Waals surface area contributed by atoms with E-state index in [1.807, 2.05) is 24.3 Å². The van der Waals surface area contributed by atoms with E-state index in [2.05, 4.69) is 4.98 Å². The first kappa shape index (κ1) is 12.4. The molecule has 0 fully saturated rings. The highest BCUT2D eigenvalue weighted by Gasteiger charge is 2.11. The van der Waals surface area contributed by atoms with Crippen molar-refractivity contribution in [2.24, 2.45) is 5.73 Å². The molecule has 0 amide bonds. The van der Waals surface area contributed by atoms with Gasteiger partial charge in [-0.15, -0.1) is 0 Å². The summed E-state index contributed by atoms with van der Waals surface area (Å²) in [5.41, 5.74) is 8.90. The van der Waals surface area contributed by atoms with Crippen LogP contribution in [0, 0.1) is 0 Å². The van der Waals surface area contributed by atoms with Gasteiger partial charge in [0.05, 0.1) is 14.2 Å². The van der Waals surface area contributed by atoms with E-state index in [1.165, 1.54) is 0 Å².